The van der Waals surface area contributed by atoms with Crippen LogP contribution in [-0.2, 0) is 4.74 Å². The Balaban J connectivity index is 1.68. The maximum Gasteiger partial charge on any atom is 0.410 e. The Kier molecular flexibility index (Phi) is 5.73. The molecule has 1 aliphatic carbocycles. The second kappa shape index (κ2) is 7.73. The molecule has 0 N–H and O–H groups in total. The largest absolute Gasteiger partial charge is 0.444 e. The summed E-state index contributed by atoms with van der Waals surface area (Å²) in [6.07, 6.45) is 5.02. The summed E-state index contributed by atoms with van der Waals surface area (Å²) >= 11 is 0. The van der Waals surface area contributed by atoms with E-state index in [0.717, 1.165) is 26.2 Å². The Morgan fingerprint density at radius 1 is 1.11 bits per heavy atom. The fraction of sp³-hybridized carbons (Fsp3) is 0.696. The van der Waals surface area contributed by atoms with Crippen LogP contribution in [-0.4, -0.2) is 42.8 Å². The number of ether oxygens (including phenoxy) is 1. The minimum atomic E-state index is -0.436. The zero-order valence-electron chi connectivity index (χ0n) is 17.8. The standard InChI is InChI=1S/C23H36N2O2/c1-22(2,3)27-21(26)25-15-13-24(14-16-25)20-11-7-6-10-19(20)18-9-8-12-23(4,5)17-18/h6-7,10-11,18H,8-9,12-17H2,1-5H3. The molecule has 0 spiro atoms. The van der Waals surface area contributed by atoms with Gasteiger partial charge in [0.05, 0.1) is 0 Å². The Hall–Kier alpha value is -1.71. The molecule has 0 bridgehead atoms. The summed E-state index contributed by atoms with van der Waals surface area (Å²) < 4.78 is 5.53. The van der Waals surface area contributed by atoms with Crippen molar-refractivity contribution in [2.45, 2.75) is 71.8 Å². The van der Waals surface area contributed by atoms with E-state index in [1.54, 1.807) is 0 Å². The number of rotatable bonds is 2. The van der Waals surface area contributed by atoms with Gasteiger partial charge in [-0.25, -0.2) is 4.79 Å². The summed E-state index contributed by atoms with van der Waals surface area (Å²) in [6, 6.07) is 8.91. The Morgan fingerprint density at radius 2 is 1.78 bits per heavy atom. The number of carbonyl (C=O) groups is 1. The van der Waals surface area contributed by atoms with E-state index in [4.69, 9.17) is 4.74 Å². The van der Waals surface area contributed by atoms with Gasteiger partial charge in [0, 0.05) is 31.9 Å². The molecule has 0 radical (unpaired) electrons. The van der Waals surface area contributed by atoms with E-state index in [9.17, 15) is 4.79 Å². The van der Waals surface area contributed by atoms with Crippen molar-refractivity contribution >= 4 is 11.8 Å². The fourth-order valence-corrected chi connectivity index (χ4v) is 4.54. The first-order valence-corrected chi connectivity index (χ1v) is 10.5. The lowest BCUT2D eigenvalue weighted by Crippen LogP contribution is -2.50. The maximum atomic E-state index is 12.3. The number of hydrogen-bond donors (Lipinski definition) is 0. The van der Waals surface area contributed by atoms with Crippen LogP contribution in [0.4, 0.5) is 10.5 Å². The van der Waals surface area contributed by atoms with Gasteiger partial charge in [-0.2, -0.15) is 0 Å². The lowest BCUT2D eigenvalue weighted by Gasteiger charge is -2.40. The predicted octanol–water partition coefficient (Wildman–Crippen LogP) is 5.43. The van der Waals surface area contributed by atoms with Crippen molar-refractivity contribution in [3.8, 4) is 0 Å². The first kappa shape index (κ1) is 20.0. The van der Waals surface area contributed by atoms with Gasteiger partial charge in [-0.15, -0.1) is 0 Å². The fourth-order valence-electron chi connectivity index (χ4n) is 4.54. The van der Waals surface area contributed by atoms with Crippen molar-refractivity contribution in [3.63, 3.8) is 0 Å². The highest BCUT2D eigenvalue weighted by Crippen LogP contribution is 2.45. The van der Waals surface area contributed by atoms with Gasteiger partial charge >= 0.3 is 6.09 Å². The Morgan fingerprint density at radius 3 is 2.41 bits per heavy atom. The highest BCUT2D eigenvalue weighted by Gasteiger charge is 2.32. The van der Waals surface area contributed by atoms with E-state index in [1.165, 1.54) is 36.9 Å². The molecule has 4 heteroatoms. The highest BCUT2D eigenvalue weighted by molar-refractivity contribution is 5.69. The molecule has 2 aliphatic rings. The van der Waals surface area contributed by atoms with E-state index in [0.29, 0.717) is 11.3 Å². The normalized spacial score (nSPS) is 23.2. The number of nitrogens with zero attached hydrogens (tertiary/aromatic N) is 2. The molecule has 1 aliphatic heterocycles. The Bertz CT molecular complexity index is 655. The second-order valence-corrected chi connectivity index (χ2v) is 9.97. The number of piperazine rings is 1. The molecule has 27 heavy (non-hydrogen) atoms. The van der Waals surface area contributed by atoms with E-state index >= 15 is 0 Å². The molecular weight excluding hydrogens is 336 g/mol. The molecule has 2 fully saturated rings. The first-order valence-electron chi connectivity index (χ1n) is 10.5. The third-order valence-corrected chi connectivity index (χ3v) is 5.85. The summed E-state index contributed by atoms with van der Waals surface area (Å²) in [5.74, 6) is 0.647. The molecule has 1 saturated heterocycles. The predicted molar refractivity (Wildman–Crippen MR) is 111 cm³/mol. The average Bonchev–Trinajstić information content (AvgIpc) is 2.59. The Labute approximate surface area is 164 Å². The second-order valence-electron chi connectivity index (χ2n) is 9.97. The van der Waals surface area contributed by atoms with Gasteiger partial charge in [0.2, 0.25) is 0 Å². The minimum absolute atomic E-state index is 0.190. The molecule has 150 valence electrons. The van der Waals surface area contributed by atoms with Crippen LogP contribution in [0.3, 0.4) is 0 Å². The average molecular weight is 373 g/mol. The molecular formula is C23H36N2O2. The molecule has 1 aromatic rings. The number of para-hydroxylation sites is 1. The smallest absolute Gasteiger partial charge is 0.410 e. The van der Waals surface area contributed by atoms with Gasteiger partial charge in [0.25, 0.3) is 0 Å². The first-order chi connectivity index (χ1) is 12.6. The van der Waals surface area contributed by atoms with Crippen molar-refractivity contribution in [2.24, 2.45) is 5.41 Å². The van der Waals surface area contributed by atoms with E-state index in [1.807, 2.05) is 25.7 Å². The molecule has 0 aromatic heterocycles. The lowest BCUT2D eigenvalue weighted by atomic mass is 9.70. The van der Waals surface area contributed by atoms with E-state index in [2.05, 4.69) is 43.0 Å². The quantitative estimate of drug-likeness (QED) is 0.694. The molecule has 1 atom stereocenters. The van der Waals surface area contributed by atoms with Crippen LogP contribution >= 0.6 is 0 Å². The summed E-state index contributed by atoms with van der Waals surface area (Å²) in [5, 5.41) is 0. The SMILES string of the molecule is CC1(C)CCCC(c2ccccc2N2CCN(C(=O)OC(C)(C)C)CC2)C1. The molecule has 1 heterocycles. The minimum Gasteiger partial charge on any atom is -0.444 e. The van der Waals surface area contributed by atoms with Crippen LogP contribution < -0.4 is 4.90 Å². The van der Waals surface area contributed by atoms with Crippen molar-refractivity contribution < 1.29 is 9.53 Å². The number of hydrogen-bond acceptors (Lipinski definition) is 3. The van der Waals surface area contributed by atoms with E-state index in [-0.39, 0.29) is 6.09 Å². The van der Waals surface area contributed by atoms with Crippen molar-refractivity contribution in [3.05, 3.63) is 29.8 Å². The van der Waals surface area contributed by atoms with Crippen LogP contribution in [0.2, 0.25) is 0 Å². The molecule has 1 saturated carbocycles. The van der Waals surface area contributed by atoms with Crippen molar-refractivity contribution in [2.75, 3.05) is 31.1 Å². The van der Waals surface area contributed by atoms with Gasteiger partial charge in [-0.3, -0.25) is 0 Å². The summed E-state index contributed by atoms with van der Waals surface area (Å²) in [4.78, 5) is 16.6. The monoisotopic (exact) mass is 372 g/mol. The van der Waals surface area contributed by atoms with Crippen molar-refractivity contribution in [1.82, 2.24) is 4.90 Å². The number of benzene rings is 1. The molecule has 1 unspecified atom stereocenters. The van der Waals surface area contributed by atoms with Gasteiger partial charge in [-0.05, 0) is 63.0 Å². The lowest BCUT2D eigenvalue weighted by molar-refractivity contribution is 0.0240. The number of carbonyl (C=O) groups excluding carboxylic acids is 1. The summed E-state index contributed by atoms with van der Waals surface area (Å²) in [5.41, 5.74) is 2.86. The summed E-state index contributed by atoms with van der Waals surface area (Å²) in [6.45, 7) is 13.7. The van der Waals surface area contributed by atoms with Gasteiger partial charge in [0.15, 0.2) is 0 Å². The van der Waals surface area contributed by atoms with E-state index < -0.39 is 5.60 Å². The van der Waals surface area contributed by atoms with Gasteiger partial charge < -0.3 is 14.5 Å². The molecule has 1 amide bonds. The third-order valence-electron chi connectivity index (χ3n) is 5.85. The molecule has 1 aromatic carbocycles. The third kappa shape index (κ3) is 5.18. The number of anilines is 1. The number of amides is 1. The zero-order valence-corrected chi connectivity index (χ0v) is 17.8. The highest BCUT2D eigenvalue weighted by atomic mass is 16.6. The van der Waals surface area contributed by atoms with Crippen LogP contribution in [0.5, 0.6) is 0 Å². The molecule has 3 rings (SSSR count). The molecule has 4 nitrogen and oxygen atoms in total. The van der Waals surface area contributed by atoms with Crippen molar-refractivity contribution in [1.29, 1.82) is 0 Å². The topological polar surface area (TPSA) is 32.8 Å². The van der Waals surface area contributed by atoms with Gasteiger partial charge in [0.1, 0.15) is 5.60 Å². The van der Waals surface area contributed by atoms with Crippen LogP contribution in [0, 0.1) is 5.41 Å². The van der Waals surface area contributed by atoms with Gasteiger partial charge in [-0.1, -0.05) is 38.5 Å². The summed E-state index contributed by atoms with van der Waals surface area (Å²) in [7, 11) is 0. The zero-order chi connectivity index (χ0) is 19.7. The van der Waals surface area contributed by atoms with Crippen LogP contribution in [0.25, 0.3) is 0 Å². The van der Waals surface area contributed by atoms with Crippen LogP contribution in [0.1, 0.15) is 71.8 Å². The van der Waals surface area contributed by atoms with Crippen LogP contribution in [0.15, 0.2) is 24.3 Å². The maximum absolute atomic E-state index is 12.3.